The summed E-state index contributed by atoms with van der Waals surface area (Å²) in [4.78, 5) is 0. The molecule has 4 heteroatoms. The number of ether oxygens (including phenoxy) is 1. The summed E-state index contributed by atoms with van der Waals surface area (Å²) in [7, 11) is -3.08. The summed E-state index contributed by atoms with van der Waals surface area (Å²) in [5.74, 6) is 3.32. The van der Waals surface area contributed by atoms with Gasteiger partial charge in [-0.1, -0.05) is 13.8 Å². The first-order valence-corrected chi connectivity index (χ1v) is 7.95. The molecular weight excluding hydrogens is 236 g/mol. The maximum atomic E-state index is 12.0. The van der Waals surface area contributed by atoms with Gasteiger partial charge in [-0.3, -0.25) is 0 Å². The predicted molar refractivity (Wildman–Crippen MR) is 69.2 cm³/mol. The van der Waals surface area contributed by atoms with E-state index < -0.39 is 15.3 Å². The number of rotatable bonds is 5. The fourth-order valence-electron chi connectivity index (χ4n) is 1.97. The van der Waals surface area contributed by atoms with Crippen molar-refractivity contribution in [3.63, 3.8) is 0 Å². The van der Waals surface area contributed by atoms with Crippen molar-refractivity contribution in [2.45, 2.75) is 45.0 Å². The largest absolute Gasteiger partial charge is 0.362 e. The first kappa shape index (κ1) is 14.5. The Morgan fingerprint density at radius 3 is 2.65 bits per heavy atom. The van der Waals surface area contributed by atoms with Crippen molar-refractivity contribution in [1.29, 1.82) is 0 Å². The van der Waals surface area contributed by atoms with Crippen LogP contribution in [0.3, 0.4) is 0 Å². The summed E-state index contributed by atoms with van der Waals surface area (Å²) in [6.07, 6.45) is 8.14. The maximum Gasteiger partial charge on any atom is 0.177 e. The Morgan fingerprint density at radius 2 is 2.12 bits per heavy atom. The second-order valence-corrected chi connectivity index (χ2v) is 7.23. The topological polar surface area (TPSA) is 43.4 Å². The van der Waals surface area contributed by atoms with Gasteiger partial charge in [0.05, 0.1) is 12.4 Å². The Balaban J connectivity index is 2.46. The van der Waals surface area contributed by atoms with E-state index >= 15 is 0 Å². The zero-order valence-electron chi connectivity index (χ0n) is 10.7. The Kier molecular flexibility index (Phi) is 5.48. The van der Waals surface area contributed by atoms with Crippen molar-refractivity contribution in [2.75, 3.05) is 12.4 Å². The molecular formula is C13H22O3S. The highest BCUT2D eigenvalue weighted by atomic mass is 32.2. The molecule has 0 bridgehead atoms. The van der Waals surface area contributed by atoms with Crippen LogP contribution in [0.4, 0.5) is 0 Å². The van der Waals surface area contributed by atoms with Crippen LogP contribution in [0.5, 0.6) is 0 Å². The lowest BCUT2D eigenvalue weighted by Crippen LogP contribution is -2.40. The third kappa shape index (κ3) is 4.33. The van der Waals surface area contributed by atoms with Gasteiger partial charge in [0.2, 0.25) is 0 Å². The minimum absolute atomic E-state index is 0.141. The highest BCUT2D eigenvalue weighted by molar-refractivity contribution is 7.91. The summed E-state index contributed by atoms with van der Waals surface area (Å²) in [5.41, 5.74) is -0.602. The van der Waals surface area contributed by atoms with E-state index in [1.807, 2.05) is 13.8 Å². The molecule has 0 aromatic carbocycles. The van der Waals surface area contributed by atoms with E-state index in [0.29, 0.717) is 25.4 Å². The maximum absolute atomic E-state index is 12.0. The zero-order chi connectivity index (χ0) is 12.9. The second kappa shape index (κ2) is 6.42. The van der Waals surface area contributed by atoms with Gasteiger partial charge in [-0.15, -0.1) is 12.3 Å². The molecule has 0 N–H and O–H groups in total. The van der Waals surface area contributed by atoms with Crippen LogP contribution < -0.4 is 0 Å². The van der Waals surface area contributed by atoms with E-state index in [9.17, 15) is 8.42 Å². The fourth-order valence-corrected chi connectivity index (χ4v) is 4.08. The lowest BCUT2D eigenvalue weighted by molar-refractivity contribution is 0.0484. The summed E-state index contributed by atoms with van der Waals surface area (Å²) in [5, 5.41) is 0. The molecule has 17 heavy (non-hydrogen) atoms. The monoisotopic (exact) mass is 258 g/mol. The van der Waals surface area contributed by atoms with E-state index in [0.717, 1.165) is 12.8 Å². The van der Waals surface area contributed by atoms with Gasteiger partial charge in [-0.05, 0) is 31.1 Å². The van der Waals surface area contributed by atoms with Gasteiger partial charge in [0.15, 0.2) is 15.3 Å². The van der Waals surface area contributed by atoms with Crippen molar-refractivity contribution in [1.82, 2.24) is 0 Å². The molecule has 1 heterocycles. The van der Waals surface area contributed by atoms with Crippen LogP contribution in [0.1, 0.15) is 39.5 Å². The van der Waals surface area contributed by atoms with E-state index in [-0.39, 0.29) is 11.7 Å². The van der Waals surface area contributed by atoms with E-state index in [1.54, 1.807) is 0 Å². The quantitative estimate of drug-likeness (QED) is 0.561. The lowest BCUT2D eigenvalue weighted by atomic mass is 9.99. The molecule has 0 radical (unpaired) electrons. The molecule has 0 amide bonds. The predicted octanol–water partition coefficient (Wildman–Crippen LogP) is 2.22. The molecule has 3 nitrogen and oxygen atoms in total. The van der Waals surface area contributed by atoms with Crippen molar-refractivity contribution < 1.29 is 13.2 Å². The van der Waals surface area contributed by atoms with E-state index in [1.165, 1.54) is 0 Å². The molecule has 0 aromatic heterocycles. The molecule has 0 spiro atoms. The minimum atomic E-state index is -3.08. The number of unbranched alkanes of at least 4 members (excludes halogenated alkanes) is 2. The summed E-state index contributed by atoms with van der Waals surface area (Å²) < 4.78 is 29.5. The third-order valence-electron chi connectivity index (χ3n) is 3.30. The van der Waals surface area contributed by atoms with Crippen molar-refractivity contribution in [3.05, 3.63) is 0 Å². The molecule has 1 rings (SSSR count). The van der Waals surface area contributed by atoms with Crippen molar-refractivity contribution in [3.8, 4) is 12.3 Å². The highest BCUT2D eigenvalue weighted by Crippen LogP contribution is 2.26. The van der Waals surface area contributed by atoms with Crippen LogP contribution in [-0.2, 0) is 14.6 Å². The first-order valence-electron chi connectivity index (χ1n) is 6.24. The Bertz CT molecular complexity index is 365. The molecule has 0 aromatic rings. The van der Waals surface area contributed by atoms with E-state index in [4.69, 9.17) is 11.2 Å². The Morgan fingerprint density at radius 1 is 1.41 bits per heavy atom. The number of hydrogen-bond donors (Lipinski definition) is 0. The molecule has 1 fully saturated rings. The molecule has 1 saturated heterocycles. The van der Waals surface area contributed by atoms with Crippen LogP contribution in [-0.4, -0.2) is 26.2 Å². The Hall–Kier alpha value is -0.530. The third-order valence-corrected chi connectivity index (χ3v) is 5.36. The average Bonchev–Trinajstić information content (AvgIpc) is 2.25. The molecule has 1 aliphatic rings. The summed E-state index contributed by atoms with van der Waals surface area (Å²) >= 11 is 0. The summed E-state index contributed by atoms with van der Waals surface area (Å²) in [6.45, 7) is 4.64. The molecule has 98 valence electrons. The molecule has 2 atom stereocenters. The number of terminal acetylenes is 1. The number of sulfone groups is 1. The van der Waals surface area contributed by atoms with Gasteiger partial charge < -0.3 is 4.74 Å². The minimum Gasteiger partial charge on any atom is -0.362 e. The van der Waals surface area contributed by atoms with Crippen LogP contribution in [0.2, 0.25) is 0 Å². The molecule has 2 unspecified atom stereocenters. The van der Waals surface area contributed by atoms with E-state index in [2.05, 4.69) is 5.92 Å². The average molecular weight is 258 g/mol. The standard InChI is InChI=1S/C13H22O3S/c1-4-5-6-7-8-13-16-9-12(11(2)3)10-17(13,14)15/h1,11-13H,5-10H2,2-3H3. The highest BCUT2D eigenvalue weighted by Gasteiger charge is 2.35. The zero-order valence-corrected chi connectivity index (χ0v) is 11.5. The normalized spacial score (nSPS) is 27.9. The first-order chi connectivity index (χ1) is 7.97. The Labute approximate surface area is 105 Å². The van der Waals surface area contributed by atoms with Crippen LogP contribution in [0.15, 0.2) is 0 Å². The SMILES string of the molecule is C#CCCCCC1OCC(C(C)C)CS1(=O)=O. The van der Waals surface area contributed by atoms with Gasteiger partial charge in [0, 0.05) is 6.42 Å². The van der Waals surface area contributed by atoms with Gasteiger partial charge in [-0.25, -0.2) is 8.42 Å². The van der Waals surface area contributed by atoms with Crippen LogP contribution in [0.25, 0.3) is 0 Å². The summed E-state index contributed by atoms with van der Waals surface area (Å²) in [6, 6.07) is 0. The van der Waals surface area contributed by atoms with Gasteiger partial charge in [-0.2, -0.15) is 0 Å². The van der Waals surface area contributed by atoms with Crippen LogP contribution in [0, 0.1) is 24.2 Å². The van der Waals surface area contributed by atoms with Crippen molar-refractivity contribution >= 4 is 9.84 Å². The number of hydrogen-bond acceptors (Lipinski definition) is 3. The second-order valence-electron chi connectivity index (χ2n) is 5.05. The van der Waals surface area contributed by atoms with Crippen LogP contribution >= 0.6 is 0 Å². The fraction of sp³-hybridized carbons (Fsp3) is 0.846. The van der Waals surface area contributed by atoms with Gasteiger partial charge in [0.25, 0.3) is 0 Å². The molecule has 1 aliphatic heterocycles. The lowest BCUT2D eigenvalue weighted by Gasteiger charge is -2.31. The molecule has 0 aliphatic carbocycles. The van der Waals surface area contributed by atoms with Gasteiger partial charge >= 0.3 is 0 Å². The molecule has 0 saturated carbocycles. The van der Waals surface area contributed by atoms with Crippen molar-refractivity contribution in [2.24, 2.45) is 11.8 Å². The smallest absolute Gasteiger partial charge is 0.177 e. The van der Waals surface area contributed by atoms with Gasteiger partial charge in [0.1, 0.15) is 0 Å².